The number of aliphatic hydroxyl groups is 1. The highest BCUT2D eigenvalue weighted by Gasteiger charge is 2.28. The SMILES string of the molecule is OC1(CNCc2ccc(OCc3ccccc3)cc2)CCOCC1. The first-order chi connectivity index (χ1) is 11.7. The molecule has 1 heterocycles. The van der Waals surface area contributed by atoms with Gasteiger partial charge >= 0.3 is 0 Å². The van der Waals surface area contributed by atoms with E-state index in [1.165, 1.54) is 5.56 Å². The van der Waals surface area contributed by atoms with E-state index < -0.39 is 5.60 Å². The Hall–Kier alpha value is -1.88. The number of ether oxygens (including phenoxy) is 2. The minimum Gasteiger partial charge on any atom is -0.489 e. The van der Waals surface area contributed by atoms with Gasteiger partial charge in [-0.1, -0.05) is 42.5 Å². The average Bonchev–Trinajstić information content (AvgIpc) is 2.62. The minimum absolute atomic E-state index is 0.577. The summed E-state index contributed by atoms with van der Waals surface area (Å²) in [5.41, 5.74) is 1.71. The number of rotatable bonds is 7. The summed E-state index contributed by atoms with van der Waals surface area (Å²) in [6, 6.07) is 18.2. The summed E-state index contributed by atoms with van der Waals surface area (Å²) in [4.78, 5) is 0. The van der Waals surface area contributed by atoms with E-state index in [0.717, 1.165) is 17.9 Å². The van der Waals surface area contributed by atoms with Crippen LogP contribution in [0.5, 0.6) is 5.75 Å². The van der Waals surface area contributed by atoms with Gasteiger partial charge in [0.2, 0.25) is 0 Å². The van der Waals surface area contributed by atoms with Crippen LogP contribution in [0.2, 0.25) is 0 Å². The Bertz CT molecular complexity index is 607. The third kappa shape index (κ3) is 5.06. The first kappa shape index (κ1) is 17.0. The zero-order valence-electron chi connectivity index (χ0n) is 13.9. The maximum Gasteiger partial charge on any atom is 0.119 e. The minimum atomic E-state index is -0.628. The molecular formula is C20H25NO3. The third-order valence-electron chi connectivity index (χ3n) is 4.38. The predicted octanol–water partition coefficient (Wildman–Crippen LogP) is 2.90. The molecule has 4 nitrogen and oxygen atoms in total. The molecule has 1 fully saturated rings. The Morgan fingerprint density at radius 1 is 0.958 bits per heavy atom. The van der Waals surface area contributed by atoms with Crippen LogP contribution in [-0.4, -0.2) is 30.5 Å². The van der Waals surface area contributed by atoms with Crippen molar-refractivity contribution in [2.75, 3.05) is 19.8 Å². The summed E-state index contributed by atoms with van der Waals surface area (Å²) in [5, 5.41) is 13.8. The van der Waals surface area contributed by atoms with Crippen molar-refractivity contribution in [1.29, 1.82) is 0 Å². The fourth-order valence-electron chi connectivity index (χ4n) is 2.81. The highest BCUT2D eigenvalue weighted by Crippen LogP contribution is 2.19. The Kier molecular flexibility index (Phi) is 5.86. The summed E-state index contributed by atoms with van der Waals surface area (Å²) in [7, 11) is 0. The highest BCUT2D eigenvalue weighted by molar-refractivity contribution is 5.27. The normalized spacial score (nSPS) is 16.7. The van der Waals surface area contributed by atoms with Crippen molar-refractivity contribution in [1.82, 2.24) is 5.32 Å². The largest absolute Gasteiger partial charge is 0.489 e. The van der Waals surface area contributed by atoms with E-state index in [2.05, 4.69) is 29.6 Å². The number of nitrogens with one attached hydrogen (secondary N) is 1. The van der Waals surface area contributed by atoms with E-state index in [4.69, 9.17) is 9.47 Å². The number of hydrogen-bond acceptors (Lipinski definition) is 4. The molecule has 0 amide bonds. The van der Waals surface area contributed by atoms with Gasteiger partial charge in [0, 0.05) is 39.1 Å². The lowest BCUT2D eigenvalue weighted by molar-refractivity contribution is -0.0617. The van der Waals surface area contributed by atoms with Gasteiger partial charge in [0.1, 0.15) is 12.4 Å². The Morgan fingerprint density at radius 2 is 1.67 bits per heavy atom. The average molecular weight is 327 g/mol. The molecular weight excluding hydrogens is 302 g/mol. The monoisotopic (exact) mass is 327 g/mol. The smallest absolute Gasteiger partial charge is 0.119 e. The number of benzene rings is 2. The second-order valence-electron chi connectivity index (χ2n) is 6.36. The van der Waals surface area contributed by atoms with Crippen LogP contribution in [0.15, 0.2) is 54.6 Å². The standard InChI is InChI=1S/C20H25NO3/c22-20(10-12-23-13-11-20)16-21-14-17-6-8-19(9-7-17)24-15-18-4-2-1-3-5-18/h1-9,21-22H,10-16H2. The van der Waals surface area contributed by atoms with Crippen LogP contribution >= 0.6 is 0 Å². The molecule has 1 aliphatic heterocycles. The van der Waals surface area contributed by atoms with E-state index in [0.29, 0.717) is 39.2 Å². The van der Waals surface area contributed by atoms with Gasteiger partial charge in [0.15, 0.2) is 0 Å². The second-order valence-corrected chi connectivity index (χ2v) is 6.36. The van der Waals surface area contributed by atoms with Gasteiger partial charge in [0.05, 0.1) is 5.60 Å². The molecule has 2 N–H and O–H groups in total. The summed E-state index contributed by atoms with van der Waals surface area (Å²) < 4.78 is 11.1. The van der Waals surface area contributed by atoms with Crippen molar-refractivity contribution in [3.8, 4) is 5.75 Å². The Morgan fingerprint density at radius 3 is 2.38 bits per heavy atom. The lowest BCUT2D eigenvalue weighted by Crippen LogP contribution is -2.44. The van der Waals surface area contributed by atoms with Gasteiger partial charge in [0.25, 0.3) is 0 Å². The molecule has 0 aliphatic carbocycles. The first-order valence-electron chi connectivity index (χ1n) is 8.50. The van der Waals surface area contributed by atoms with E-state index in [-0.39, 0.29) is 0 Å². The van der Waals surface area contributed by atoms with Crippen LogP contribution in [0.1, 0.15) is 24.0 Å². The summed E-state index contributed by atoms with van der Waals surface area (Å²) in [5.74, 6) is 0.866. The lowest BCUT2D eigenvalue weighted by atomic mass is 9.94. The van der Waals surface area contributed by atoms with Crippen molar-refractivity contribution < 1.29 is 14.6 Å². The molecule has 0 atom stereocenters. The molecule has 3 rings (SSSR count). The second kappa shape index (κ2) is 8.29. The predicted molar refractivity (Wildman–Crippen MR) is 93.9 cm³/mol. The van der Waals surface area contributed by atoms with Crippen molar-refractivity contribution in [3.63, 3.8) is 0 Å². The van der Waals surface area contributed by atoms with E-state index >= 15 is 0 Å². The molecule has 2 aromatic rings. The van der Waals surface area contributed by atoms with Gasteiger partial charge in [-0.25, -0.2) is 0 Å². The molecule has 0 saturated carbocycles. The molecule has 2 aromatic carbocycles. The van der Waals surface area contributed by atoms with Crippen LogP contribution < -0.4 is 10.1 Å². The number of hydrogen-bond donors (Lipinski definition) is 2. The summed E-state index contributed by atoms with van der Waals surface area (Å²) in [6.07, 6.45) is 1.40. The highest BCUT2D eigenvalue weighted by atomic mass is 16.5. The Labute approximate surface area is 143 Å². The van der Waals surface area contributed by atoms with Crippen LogP contribution in [0.25, 0.3) is 0 Å². The van der Waals surface area contributed by atoms with Gasteiger partial charge in [-0.05, 0) is 23.3 Å². The molecule has 0 unspecified atom stereocenters. The van der Waals surface area contributed by atoms with E-state index in [1.54, 1.807) is 0 Å². The summed E-state index contributed by atoms with van der Waals surface area (Å²) in [6.45, 7) is 3.20. The fraction of sp³-hybridized carbons (Fsp3) is 0.400. The Balaban J connectivity index is 1.42. The van der Waals surface area contributed by atoms with Gasteiger partial charge in [-0.2, -0.15) is 0 Å². The van der Waals surface area contributed by atoms with Crippen molar-refractivity contribution in [2.45, 2.75) is 31.6 Å². The molecule has 4 heteroatoms. The topological polar surface area (TPSA) is 50.7 Å². The van der Waals surface area contributed by atoms with Crippen molar-refractivity contribution >= 4 is 0 Å². The molecule has 0 aromatic heterocycles. The molecule has 1 aliphatic rings. The zero-order chi connectivity index (χ0) is 16.7. The van der Waals surface area contributed by atoms with Gasteiger partial charge in [-0.15, -0.1) is 0 Å². The van der Waals surface area contributed by atoms with Crippen LogP contribution in [0.4, 0.5) is 0 Å². The molecule has 0 radical (unpaired) electrons. The molecule has 0 spiro atoms. The first-order valence-corrected chi connectivity index (χ1v) is 8.50. The molecule has 1 saturated heterocycles. The lowest BCUT2D eigenvalue weighted by Gasteiger charge is -2.32. The van der Waals surface area contributed by atoms with Gasteiger partial charge < -0.3 is 19.9 Å². The van der Waals surface area contributed by atoms with E-state index in [1.807, 2.05) is 30.3 Å². The summed E-state index contributed by atoms with van der Waals surface area (Å²) >= 11 is 0. The van der Waals surface area contributed by atoms with Crippen LogP contribution in [0.3, 0.4) is 0 Å². The zero-order valence-corrected chi connectivity index (χ0v) is 13.9. The van der Waals surface area contributed by atoms with Crippen LogP contribution in [-0.2, 0) is 17.9 Å². The van der Waals surface area contributed by atoms with Crippen LogP contribution in [0, 0.1) is 0 Å². The third-order valence-corrected chi connectivity index (χ3v) is 4.38. The van der Waals surface area contributed by atoms with Crippen molar-refractivity contribution in [2.24, 2.45) is 0 Å². The quantitative estimate of drug-likeness (QED) is 0.821. The molecule has 0 bridgehead atoms. The van der Waals surface area contributed by atoms with E-state index in [9.17, 15) is 5.11 Å². The maximum atomic E-state index is 10.4. The fourth-order valence-corrected chi connectivity index (χ4v) is 2.81. The van der Waals surface area contributed by atoms with Crippen molar-refractivity contribution in [3.05, 3.63) is 65.7 Å². The molecule has 128 valence electrons. The molecule has 24 heavy (non-hydrogen) atoms. The maximum absolute atomic E-state index is 10.4. The van der Waals surface area contributed by atoms with Gasteiger partial charge in [-0.3, -0.25) is 0 Å².